The van der Waals surface area contributed by atoms with Crippen LogP contribution >= 0.6 is 0 Å². The minimum Gasteiger partial charge on any atom is -0.457 e. The number of piperidine rings is 2. The second kappa shape index (κ2) is 12.6. The van der Waals surface area contributed by atoms with Crippen LogP contribution < -0.4 is 15.8 Å². The molecule has 50 heavy (non-hydrogen) atoms. The maximum atomic E-state index is 16.1. The maximum Gasteiger partial charge on any atom is 0.255 e. The SMILES string of the molecule is Nc1ncnc2c1c(-c1ccc(Oc3ccccc3)cc1)nn2[C@@H]1CCN(Cc2ccc3c(c2F)CN(C2CCC(=O)NC2=O)C3=O)C[C@H]1F. The number of alkyl halides is 1. The van der Waals surface area contributed by atoms with Gasteiger partial charge in [-0.15, -0.1) is 0 Å². The van der Waals surface area contributed by atoms with Gasteiger partial charge in [0.15, 0.2) is 5.65 Å². The number of halogens is 2. The first-order valence-electron chi connectivity index (χ1n) is 16.4. The highest BCUT2D eigenvalue weighted by atomic mass is 19.1. The zero-order chi connectivity index (χ0) is 34.5. The second-order valence-corrected chi connectivity index (χ2v) is 12.8. The molecule has 3 N–H and O–H groups in total. The predicted octanol–water partition coefficient (Wildman–Crippen LogP) is 4.55. The fraction of sp³-hybridized carbons (Fsp3) is 0.278. The molecule has 0 bridgehead atoms. The van der Waals surface area contributed by atoms with E-state index in [1.165, 1.54) is 11.2 Å². The van der Waals surface area contributed by atoms with Crippen LogP contribution in [0.4, 0.5) is 14.6 Å². The van der Waals surface area contributed by atoms with E-state index in [1.54, 1.807) is 16.8 Å². The minimum atomic E-state index is -1.36. The molecule has 0 radical (unpaired) electrons. The van der Waals surface area contributed by atoms with Crippen molar-refractivity contribution < 1.29 is 27.9 Å². The molecule has 3 aliphatic rings. The van der Waals surface area contributed by atoms with Crippen molar-refractivity contribution in [2.24, 2.45) is 0 Å². The summed E-state index contributed by atoms with van der Waals surface area (Å²) in [5, 5.41) is 7.60. The van der Waals surface area contributed by atoms with Crippen LogP contribution in [0.25, 0.3) is 22.3 Å². The number of carbonyl (C=O) groups is 3. The Balaban J connectivity index is 0.988. The van der Waals surface area contributed by atoms with E-state index in [4.69, 9.17) is 15.6 Å². The topological polar surface area (TPSA) is 149 Å². The normalized spacial score (nSPS) is 21.0. The van der Waals surface area contributed by atoms with E-state index in [1.807, 2.05) is 59.5 Å². The maximum absolute atomic E-state index is 16.1. The van der Waals surface area contributed by atoms with Crippen LogP contribution in [0.1, 0.15) is 46.8 Å². The van der Waals surface area contributed by atoms with Crippen molar-refractivity contribution >= 4 is 34.6 Å². The molecule has 5 heterocycles. The number of hydrogen-bond acceptors (Lipinski definition) is 9. The smallest absolute Gasteiger partial charge is 0.255 e. The number of hydrogen-bond donors (Lipinski definition) is 2. The Kier molecular flexibility index (Phi) is 7.94. The quantitative estimate of drug-likeness (QED) is 0.237. The van der Waals surface area contributed by atoms with Gasteiger partial charge in [-0.05, 0) is 55.3 Å². The molecule has 254 valence electrons. The molecule has 3 aliphatic heterocycles. The number of carbonyl (C=O) groups excluding carboxylic acids is 3. The zero-order valence-electron chi connectivity index (χ0n) is 26.8. The third-order valence-electron chi connectivity index (χ3n) is 9.65. The van der Waals surface area contributed by atoms with Gasteiger partial charge in [-0.2, -0.15) is 5.10 Å². The molecule has 14 heteroatoms. The summed E-state index contributed by atoms with van der Waals surface area (Å²) in [5.74, 6) is -0.361. The molecule has 0 saturated carbocycles. The average molecular weight is 679 g/mol. The van der Waals surface area contributed by atoms with Crippen molar-refractivity contribution in [2.75, 3.05) is 18.8 Å². The molecule has 1 unspecified atom stereocenters. The van der Waals surface area contributed by atoms with Crippen molar-refractivity contribution in [3.8, 4) is 22.8 Å². The van der Waals surface area contributed by atoms with Crippen molar-refractivity contribution in [1.82, 2.24) is 34.9 Å². The summed E-state index contributed by atoms with van der Waals surface area (Å²) in [6.45, 7) is 0.532. The first kappa shape index (κ1) is 31.5. The number of imide groups is 1. The molecule has 3 aromatic carbocycles. The van der Waals surface area contributed by atoms with Crippen LogP contribution in [0.15, 0.2) is 73.1 Å². The molecule has 8 rings (SSSR count). The number of aromatic nitrogens is 4. The summed E-state index contributed by atoms with van der Waals surface area (Å²) in [6.07, 6.45) is 0.645. The highest BCUT2D eigenvalue weighted by molar-refractivity contribution is 6.05. The van der Waals surface area contributed by atoms with Crippen molar-refractivity contribution in [1.29, 1.82) is 0 Å². The fourth-order valence-electron chi connectivity index (χ4n) is 7.12. The number of nitrogens with zero attached hydrogens (tertiary/aromatic N) is 6. The summed E-state index contributed by atoms with van der Waals surface area (Å²) < 4.78 is 39.4. The van der Waals surface area contributed by atoms with Crippen molar-refractivity contribution in [2.45, 2.75) is 50.6 Å². The van der Waals surface area contributed by atoms with Crippen LogP contribution in [-0.4, -0.2) is 72.6 Å². The standard InChI is InChI=1S/C36H32F2N8O4/c37-26-18-44(16-21-8-11-24-25(31(21)38)17-45(36(24)49)28-12-13-29(47)42-35(28)48)15-14-27(26)46-34-30(33(39)40-19-41-34)32(43-46)20-6-9-23(10-7-20)50-22-4-2-1-3-5-22/h1-11,19,26-28H,12-18H2,(H2,39,40,41)(H,42,47,48)/t26-,27-,28?/m1/s1. The average Bonchev–Trinajstić information content (AvgIpc) is 3.66. The van der Waals surface area contributed by atoms with Crippen molar-refractivity contribution in [3.05, 3.63) is 95.6 Å². The number of nitrogens with two attached hydrogens (primary N) is 1. The number of nitrogen functional groups attached to an aromatic ring is 1. The van der Waals surface area contributed by atoms with Gasteiger partial charge >= 0.3 is 0 Å². The van der Waals surface area contributed by atoms with Gasteiger partial charge < -0.3 is 15.4 Å². The monoisotopic (exact) mass is 678 g/mol. The van der Waals surface area contributed by atoms with Crippen LogP contribution in [0, 0.1) is 5.82 Å². The number of para-hydroxylation sites is 1. The Morgan fingerprint density at radius 1 is 0.960 bits per heavy atom. The summed E-state index contributed by atoms with van der Waals surface area (Å²) in [7, 11) is 0. The number of anilines is 1. The molecule has 2 saturated heterocycles. The lowest BCUT2D eigenvalue weighted by atomic mass is 10.0. The van der Waals surface area contributed by atoms with E-state index in [9.17, 15) is 14.4 Å². The predicted molar refractivity (Wildman–Crippen MR) is 178 cm³/mol. The molecule has 12 nitrogen and oxygen atoms in total. The third kappa shape index (κ3) is 5.60. The Morgan fingerprint density at radius 3 is 2.50 bits per heavy atom. The molecule has 3 amide bonds. The summed E-state index contributed by atoms with van der Waals surface area (Å²) in [6, 6.07) is 18.4. The highest BCUT2D eigenvalue weighted by Gasteiger charge is 2.41. The Bertz CT molecular complexity index is 2140. The number of nitrogens with one attached hydrogen (secondary N) is 1. The second-order valence-electron chi connectivity index (χ2n) is 12.8. The Labute approximate surface area is 284 Å². The fourth-order valence-corrected chi connectivity index (χ4v) is 7.12. The molecule has 2 fully saturated rings. The Hall–Kier alpha value is -5.76. The summed E-state index contributed by atoms with van der Waals surface area (Å²) in [4.78, 5) is 48.8. The lowest BCUT2D eigenvalue weighted by Gasteiger charge is -2.35. The first-order chi connectivity index (χ1) is 24.2. The molecular formula is C36H32F2N8O4. The summed E-state index contributed by atoms with van der Waals surface area (Å²) >= 11 is 0. The van der Waals surface area contributed by atoms with Crippen LogP contribution in [0.2, 0.25) is 0 Å². The number of fused-ring (bicyclic) bond motifs is 2. The van der Waals surface area contributed by atoms with Gasteiger partial charge in [0.1, 0.15) is 47.4 Å². The van der Waals surface area contributed by atoms with E-state index in [0.29, 0.717) is 46.8 Å². The van der Waals surface area contributed by atoms with E-state index in [-0.39, 0.29) is 49.4 Å². The lowest BCUT2D eigenvalue weighted by molar-refractivity contribution is -0.136. The largest absolute Gasteiger partial charge is 0.457 e. The lowest BCUT2D eigenvalue weighted by Crippen LogP contribution is -2.52. The van der Waals surface area contributed by atoms with E-state index < -0.39 is 41.8 Å². The molecule has 3 atom stereocenters. The number of benzene rings is 3. The molecule has 0 spiro atoms. The van der Waals surface area contributed by atoms with E-state index in [2.05, 4.69) is 15.3 Å². The molecular weight excluding hydrogens is 646 g/mol. The highest BCUT2D eigenvalue weighted by Crippen LogP contribution is 2.37. The van der Waals surface area contributed by atoms with Crippen LogP contribution in [0.3, 0.4) is 0 Å². The number of likely N-dealkylation sites (tertiary alicyclic amines) is 1. The third-order valence-corrected chi connectivity index (χ3v) is 9.65. The summed E-state index contributed by atoms with van der Waals surface area (Å²) in [5.41, 5.74) is 8.74. The van der Waals surface area contributed by atoms with Gasteiger partial charge in [0, 0.05) is 48.3 Å². The van der Waals surface area contributed by atoms with E-state index in [0.717, 1.165) is 5.56 Å². The molecule has 2 aromatic heterocycles. The van der Waals surface area contributed by atoms with Gasteiger partial charge in [-0.1, -0.05) is 24.3 Å². The molecule has 0 aliphatic carbocycles. The van der Waals surface area contributed by atoms with Crippen LogP contribution in [0.5, 0.6) is 11.5 Å². The van der Waals surface area contributed by atoms with Gasteiger partial charge in [0.05, 0.1) is 18.0 Å². The van der Waals surface area contributed by atoms with E-state index >= 15 is 8.78 Å². The van der Waals surface area contributed by atoms with Crippen molar-refractivity contribution in [3.63, 3.8) is 0 Å². The Morgan fingerprint density at radius 2 is 1.74 bits per heavy atom. The number of amides is 3. The first-order valence-corrected chi connectivity index (χ1v) is 16.4. The number of rotatable bonds is 7. The van der Waals surface area contributed by atoms with Crippen LogP contribution in [-0.2, 0) is 22.7 Å². The molecule has 5 aromatic rings. The number of ether oxygens (including phenoxy) is 1. The minimum absolute atomic E-state index is 0.0191. The zero-order valence-corrected chi connectivity index (χ0v) is 26.8. The van der Waals surface area contributed by atoms with Gasteiger partial charge in [0.25, 0.3) is 5.91 Å². The van der Waals surface area contributed by atoms with Gasteiger partial charge in [0.2, 0.25) is 11.8 Å². The van der Waals surface area contributed by atoms with Gasteiger partial charge in [-0.3, -0.25) is 24.6 Å². The van der Waals surface area contributed by atoms with Gasteiger partial charge in [-0.25, -0.2) is 23.4 Å².